The van der Waals surface area contributed by atoms with E-state index in [1.165, 1.54) is 0 Å². The third kappa shape index (κ3) is 2.73. The van der Waals surface area contributed by atoms with Gasteiger partial charge in [-0.3, -0.25) is 0 Å². The van der Waals surface area contributed by atoms with Crippen molar-refractivity contribution in [3.63, 3.8) is 0 Å². The van der Waals surface area contributed by atoms with Gasteiger partial charge in [0, 0.05) is 19.6 Å². The first-order chi connectivity index (χ1) is 8.26. The van der Waals surface area contributed by atoms with Crippen LogP contribution in [0.2, 0.25) is 5.02 Å². The minimum absolute atomic E-state index is 0.297. The topological polar surface area (TPSA) is 38.5 Å². The number of hydrogen-bond acceptors (Lipinski definition) is 3. The van der Waals surface area contributed by atoms with Crippen LogP contribution in [0.15, 0.2) is 18.2 Å². The molecular weight excluding hydrogens is 236 g/mol. The van der Waals surface area contributed by atoms with Gasteiger partial charge in [0.15, 0.2) is 0 Å². The Morgan fingerprint density at radius 2 is 2.35 bits per heavy atom. The summed E-state index contributed by atoms with van der Waals surface area (Å²) in [4.78, 5) is 2.29. The number of morpholine rings is 1. The number of nitrogens with zero attached hydrogens (tertiary/aromatic N) is 1. The van der Waals surface area contributed by atoms with Gasteiger partial charge in [-0.2, -0.15) is 0 Å². The Bertz CT molecular complexity index is 384. The number of hydrogen-bond donors (Lipinski definition) is 1. The third-order valence-corrected chi connectivity index (χ3v) is 3.51. The molecule has 1 aliphatic rings. The molecule has 0 saturated carbocycles. The molecule has 2 N–H and O–H groups in total. The highest BCUT2D eigenvalue weighted by molar-refractivity contribution is 6.33. The molecule has 0 amide bonds. The summed E-state index contributed by atoms with van der Waals surface area (Å²) in [5, 5.41) is 0.782. The van der Waals surface area contributed by atoms with E-state index in [0.29, 0.717) is 12.6 Å². The van der Waals surface area contributed by atoms with Crippen LogP contribution in [-0.4, -0.2) is 25.8 Å². The smallest absolute Gasteiger partial charge is 0.0748 e. The fourth-order valence-corrected chi connectivity index (χ4v) is 2.56. The van der Waals surface area contributed by atoms with Crippen molar-refractivity contribution in [3.05, 3.63) is 28.8 Å². The Morgan fingerprint density at radius 3 is 3.06 bits per heavy atom. The van der Waals surface area contributed by atoms with E-state index in [-0.39, 0.29) is 0 Å². The lowest BCUT2D eigenvalue weighted by atomic mass is 10.1. The van der Waals surface area contributed by atoms with Crippen molar-refractivity contribution in [3.8, 4) is 0 Å². The first kappa shape index (κ1) is 12.7. The van der Waals surface area contributed by atoms with Gasteiger partial charge in [0.2, 0.25) is 0 Å². The van der Waals surface area contributed by atoms with Crippen LogP contribution in [0.4, 0.5) is 5.69 Å². The van der Waals surface area contributed by atoms with Crippen LogP contribution in [0.25, 0.3) is 0 Å². The Morgan fingerprint density at radius 1 is 1.53 bits per heavy atom. The van der Waals surface area contributed by atoms with Gasteiger partial charge in [-0.15, -0.1) is 0 Å². The summed E-state index contributed by atoms with van der Waals surface area (Å²) in [6.45, 7) is 5.20. The highest BCUT2D eigenvalue weighted by Gasteiger charge is 2.22. The summed E-state index contributed by atoms with van der Waals surface area (Å²) in [6, 6.07) is 5.91. The molecule has 94 valence electrons. The molecule has 2 rings (SSSR count). The van der Waals surface area contributed by atoms with Gasteiger partial charge in [0.05, 0.1) is 23.4 Å². The largest absolute Gasteiger partial charge is 0.375 e. The number of benzene rings is 1. The Hall–Kier alpha value is -0.770. The van der Waals surface area contributed by atoms with Gasteiger partial charge >= 0.3 is 0 Å². The molecule has 0 spiro atoms. The lowest BCUT2D eigenvalue weighted by molar-refractivity contribution is 0.0384. The number of rotatable bonds is 3. The van der Waals surface area contributed by atoms with E-state index < -0.39 is 0 Å². The van der Waals surface area contributed by atoms with Gasteiger partial charge in [-0.25, -0.2) is 0 Å². The van der Waals surface area contributed by atoms with E-state index in [1.807, 2.05) is 18.2 Å². The van der Waals surface area contributed by atoms with Crippen LogP contribution in [-0.2, 0) is 11.3 Å². The van der Waals surface area contributed by atoms with Crippen molar-refractivity contribution >= 4 is 17.3 Å². The predicted molar refractivity (Wildman–Crippen MR) is 71.6 cm³/mol. The monoisotopic (exact) mass is 254 g/mol. The average molecular weight is 255 g/mol. The zero-order valence-corrected chi connectivity index (χ0v) is 10.9. The van der Waals surface area contributed by atoms with E-state index in [4.69, 9.17) is 22.1 Å². The van der Waals surface area contributed by atoms with Crippen LogP contribution in [0.5, 0.6) is 0 Å². The molecule has 1 unspecified atom stereocenters. The minimum atomic E-state index is 0.297. The molecule has 3 nitrogen and oxygen atoms in total. The second-order valence-electron chi connectivity index (χ2n) is 4.30. The molecular formula is C13H19ClN2O. The molecule has 0 bridgehead atoms. The van der Waals surface area contributed by atoms with E-state index in [2.05, 4.69) is 11.8 Å². The number of nitrogens with two attached hydrogens (primary N) is 1. The summed E-state index contributed by atoms with van der Waals surface area (Å²) in [7, 11) is 0. The molecule has 0 radical (unpaired) electrons. The van der Waals surface area contributed by atoms with Crippen LogP contribution < -0.4 is 10.6 Å². The maximum Gasteiger partial charge on any atom is 0.0748 e. The van der Waals surface area contributed by atoms with Gasteiger partial charge < -0.3 is 15.4 Å². The summed E-state index contributed by atoms with van der Waals surface area (Å²) in [5.74, 6) is 0. The first-order valence-electron chi connectivity index (χ1n) is 6.10. The number of para-hydroxylation sites is 1. The van der Waals surface area contributed by atoms with Gasteiger partial charge in [0.1, 0.15) is 0 Å². The Kier molecular flexibility index (Phi) is 4.26. The quantitative estimate of drug-likeness (QED) is 0.900. The molecule has 1 saturated heterocycles. The minimum Gasteiger partial charge on any atom is -0.375 e. The molecule has 1 heterocycles. The number of ether oxygens (including phenoxy) is 1. The van der Waals surface area contributed by atoms with E-state index in [9.17, 15) is 0 Å². The highest BCUT2D eigenvalue weighted by atomic mass is 35.5. The fraction of sp³-hybridized carbons (Fsp3) is 0.538. The molecule has 4 heteroatoms. The molecule has 1 aromatic carbocycles. The zero-order chi connectivity index (χ0) is 12.3. The SMILES string of the molecule is CCC1CN(c2c(Cl)cccc2CN)CCO1. The van der Waals surface area contributed by atoms with Crippen molar-refractivity contribution in [1.29, 1.82) is 0 Å². The second kappa shape index (κ2) is 5.71. The lowest BCUT2D eigenvalue weighted by Crippen LogP contribution is -2.42. The Balaban J connectivity index is 2.26. The summed E-state index contributed by atoms with van der Waals surface area (Å²) < 4.78 is 5.68. The van der Waals surface area contributed by atoms with Crippen molar-refractivity contribution in [1.82, 2.24) is 0 Å². The van der Waals surface area contributed by atoms with Crippen molar-refractivity contribution in [2.75, 3.05) is 24.6 Å². The first-order valence-corrected chi connectivity index (χ1v) is 6.48. The van der Waals surface area contributed by atoms with Crippen LogP contribution in [0, 0.1) is 0 Å². The van der Waals surface area contributed by atoms with Crippen molar-refractivity contribution in [2.24, 2.45) is 5.73 Å². The van der Waals surface area contributed by atoms with Crippen LogP contribution in [0.1, 0.15) is 18.9 Å². The predicted octanol–water partition coefficient (Wildman–Crippen LogP) is 2.41. The average Bonchev–Trinajstić information content (AvgIpc) is 2.38. The lowest BCUT2D eigenvalue weighted by Gasteiger charge is -2.35. The summed E-state index contributed by atoms with van der Waals surface area (Å²) >= 11 is 6.29. The van der Waals surface area contributed by atoms with Gasteiger partial charge in [-0.1, -0.05) is 30.7 Å². The third-order valence-electron chi connectivity index (χ3n) is 3.20. The second-order valence-corrected chi connectivity index (χ2v) is 4.71. The molecule has 1 fully saturated rings. The standard InChI is InChI=1S/C13H19ClN2O/c1-2-11-9-16(6-7-17-11)13-10(8-15)4-3-5-12(13)14/h3-5,11H,2,6-9,15H2,1H3. The molecule has 17 heavy (non-hydrogen) atoms. The molecule has 1 atom stereocenters. The van der Waals surface area contributed by atoms with Crippen LogP contribution >= 0.6 is 11.6 Å². The van der Waals surface area contributed by atoms with Crippen LogP contribution in [0.3, 0.4) is 0 Å². The van der Waals surface area contributed by atoms with E-state index in [0.717, 1.165) is 42.4 Å². The Labute approximate surface area is 107 Å². The highest BCUT2D eigenvalue weighted by Crippen LogP contribution is 2.31. The molecule has 1 aliphatic heterocycles. The number of halogens is 1. The van der Waals surface area contributed by atoms with E-state index in [1.54, 1.807) is 0 Å². The van der Waals surface area contributed by atoms with Crippen molar-refractivity contribution < 1.29 is 4.74 Å². The van der Waals surface area contributed by atoms with E-state index >= 15 is 0 Å². The zero-order valence-electron chi connectivity index (χ0n) is 10.2. The summed E-state index contributed by atoms with van der Waals surface area (Å²) in [6.07, 6.45) is 1.32. The van der Waals surface area contributed by atoms with Crippen molar-refractivity contribution in [2.45, 2.75) is 26.0 Å². The maximum atomic E-state index is 6.29. The molecule has 0 aromatic heterocycles. The molecule has 0 aliphatic carbocycles. The van der Waals surface area contributed by atoms with Gasteiger partial charge in [0.25, 0.3) is 0 Å². The number of anilines is 1. The molecule has 1 aromatic rings. The normalized spacial score (nSPS) is 20.6. The maximum absolute atomic E-state index is 6.29. The van der Waals surface area contributed by atoms with Gasteiger partial charge in [-0.05, 0) is 18.1 Å². The fourth-order valence-electron chi connectivity index (χ4n) is 2.25. The summed E-state index contributed by atoms with van der Waals surface area (Å²) in [5.41, 5.74) is 7.96.